The second kappa shape index (κ2) is 11.7. The Bertz CT molecular complexity index is 1600. The van der Waals surface area contributed by atoms with Crippen molar-refractivity contribution in [1.82, 2.24) is 10.2 Å². The molecule has 1 atom stereocenters. The number of methoxy groups -OCH3 is 1. The molecule has 2 heterocycles. The number of nitrogens with zero attached hydrogens (tertiary/aromatic N) is 4. The number of thioether (sulfide) groups is 1. The molecule has 204 valence electrons. The van der Waals surface area contributed by atoms with Gasteiger partial charge in [0, 0.05) is 40.0 Å². The monoisotopic (exact) mass is 596 g/mol. The highest BCUT2D eigenvalue weighted by Gasteiger charge is 2.42. The van der Waals surface area contributed by atoms with Crippen molar-refractivity contribution < 1.29 is 18.7 Å². The Morgan fingerprint density at radius 3 is 2.88 bits per heavy atom. The number of hydrogen-bond donors (Lipinski definition) is 2. The van der Waals surface area contributed by atoms with Gasteiger partial charge >= 0.3 is 0 Å². The number of allylic oxidation sites excluding steroid dienone is 3. The van der Waals surface area contributed by atoms with Crippen LogP contribution in [0.25, 0.3) is 0 Å². The molecule has 2 aliphatic rings. The van der Waals surface area contributed by atoms with E-state index in [-0.39, 0.29) is 51.4 Å². The molecular formula is C27H22ClFN6O3S2. The molecule has 1 aromatic heterocycles. The van der Waals surface area contributed by atoms with Crippen LogP contribution in [0.3, 0.4) is 0 Å². The summed E-state index contributed by atoms with van der Waals surface area (Å²) in [5.41, 5.74) is 7.99. The summed E-state index contributed by atoms with van der Waals surface area (Å²) in [7, 11) is 1.55. The van der Waals surface area contributed by atoms with E-state index in [2.05, 4.69) is 21.6 Å². The quantitative estimate of drug-likeness (QED) is 0.345. The number of anilines is 2. The van der Waals surface area contributed by atoms with E-state index in [1.54, 1.807) is 36.3 Å². The first-order chi connectivity index (χ1) is 19.3. The van der Waals surface area contributed by atoms with Crippen LogP contribution in [0, 0.1) is 17.1 Å². The highest BCUT2D eigenvalue weighted by atomic mass is 35.5. The van der Waals surface area contributed by atoms with E-state index >= 15 is 4.39 Å². The molecule has 1 aliphatic heterocycles. The van der Waals surface area contributed by atoms with Crippen LogP contribution in [-0.4, -0.2) is 34.8 Å². The maximum absolute atomic E-state index is 15.0. The first kappa shape index (κ1) is 27.6. The maximum atomic E-state index is 15.0. The number of aromatic nitrogens is 2. The van der Waals surface area contributed by atoms with Crippen LogP contribution < -0.4 is 20.7 Å². The summed E-state index contributed by atoms with van der Waals surface area (Å²) in [6.07, 6.45) is 1.29. The Morgan fingerprint density at radius 2 is 2.12 bits per heavy atom. The van der Waals surface area contributed by atoms with Gasteiger partial charge < -0.3 is 15.8 Å². The van der Waals surface area contributed by atoms with Crippen LogP contribution >= 0.6 is 34.7 Å². The van der Waals surface area contributed by atoms with E-state index in [1.807, 2.05) is 0 Å². The molecule has 0 saturated carbocycles. The molecule has 3 aromatic rings. The maximum Gasteiger partial charge on any atom is 0.234 e. The highest BCUT2D eigenvalue weighted by molar-refractivity contribution is 8.01. The normalized spacial score (nSPS) is 17.0. The van der Waals surface area contributed by atoms with Gasteiger partial charge in [-0.05, 0) is 37.1 Å². The van der Waals surface area contributed by atoms with Crippen molar-refractivity contribution in [2.75, 3.05) is 23.1 Å². The zero-order valence-corrected chi connectivity index (χ0v) is 23.5. The Morgan fingerprint density at radius 1 is 1.32 bits per heavy atom. The molecule has 0 radical (unpaired) electrons. The smallest absolute Gasteiger partial charge is 0.234 e. The van der Waals surface area contributed by atoms with Crippen molar-refractivity contribution in [2.45, 2.75) is 29.5 Å². The van der Waals surface area contributed by atoms with Crippen molar-refractivity contribution in [1.29, 1.82) is 5.26 Å². The third-order valence-corrected chi connectivity index (χ3v) is 8.84. The molecule has 0 spiro atoms. The number of ether oxygens (including phenoxy) is 1. The van der Waals surface area contributed by atoms with E-state index < -0.39 is 11.7 Å². The lowest BCUT2D eigenvalue weighted by Crippen LogP contribution is -2.39. The molecule has 0 saturated heterocycles. The van der Waals surface area contributed by atoms with E-state index in [0.717, 1.165) is 0 Å². The zero-order valence-electron chi connectivity index (χ0n) is 21.1. The van der Waals surface area contributed by atoms with Gasteiger partial charge in [-0.1, -0.05) is 46.8 Å². The van der Waals surface area contributed by atoms with Crippen LogP contribution in [0.1, 0.15) is 30.7 Å². The van der Waals surface area contributed by atoms with Gasteiger partial charge in [0.05, 0.1) is 30.4 Å². The van der Waals surface area contributed by atoms with Crippen LogP contribution in [0.2, 0.25) is 5.02 Å². The molecule has 5 rings (SSSR count). The standard InChI is InChI=1S/C27H22ClFN6O3S2/c1-38-15-6-2-5-14(11-15)32-21(37)13-39-27-34-33-26(40-27)35-19-9-4-10-20(36)24(19)22(16(12-30)25(35)31)23-17(28)7-3-8-18(23)29/h2-3,5-8,11,22H,4,9-10,13,31H2,1H3,(H,32,37). The van der Waals surface area contributed by atoms with Gasteiger partial charge in [0.1, 0.15) is 17.4 Å². The third-order valence-electron chi connectivity index (χ3n) is 6.47. The largest absolute Gasteiger partial charge is 0.497 e. The highest BCUT2D eigenvalue weighted by Crippen LogP contribution is 2.48. The summed E-state index contributed by atoms with van der Waals surface area (Å²) < 4.78 is 20.7. The van der Waals surface area contributed by atoms with Gasteiger partial charge in [-0.15, -0.1) is 10.2 Å². The van der Waals surface area contributed by atoms with Gasteiger partial charge in [0.15, 0.2) is 10.1 Å². The van der Waals surface area contributed by atoms with Crippen molar-refractivity contribution in [3.63, 3.8) is 0 Å². The number of rotatable bonds is 7. The van der Waals surface area contributed by atoms with Crippen LogP contribution in [0.15, 0.2) is 69.5 Å². The van der Waals surface area contributed by atoms with Gasteiger partial charge in [-0.25, -0.2) is 4.39 Å². The average Bonchev–Trinajstić information content (AvgIpc) is 3.40. The number of amides is 1. The van der Waals surface area contributed by atoms with E-state index in [0.29, 0.717) is 39.4 Å². The lowest BCUT2D eigenvalue weighted by molar-refractivity contribution is -0.116. The first-order valence-corrected chi connectivity index (χ1v) is 14.3. The second-order valence-electron chi connectivity index (χ2n) is 8.87. The number of carbonyl (C=O) groups excluding carboxylic acids is 2. The molecule has 0 fully saturated rings. The van der Waals surface area contributed by atoms with Gasteiger partial charge in [0.2, 0.25) is 11.0 Å². The van der Waals surface area contributed by atoms with Crippen molar-refractivity contribution >= 4 is 57.2 Å². The molecule has 13 heteroatoms. The van der Waals surface area contributed by atoms with Gasteiger partial charge in [-0.3, -0.25) is 14.5 Å². The van der Waals surface area contributed by atoms with Crippen LogP contribution in [0.4, 0.5) is 15.2 Å². The fourth-order valence-electron chi connectivity index (χ4n) is 4.76. The number of halogens is 2. The second-order valence-corrected chi connectivity index (χ2v) is 11.5. The molecule has 40 heavy (non-hydrogen) atoms. The van der Waals surface area contributed by atoms with Gasteiger partial charge in [-0.2, -0.15) is 5.26 Å². The van der Waals surface area contributed by atoms with Crippen LogP contribution in [0.5, 0.6) is 5.75 Å². The Hall–Kier alpha value is -3.92. The number of nitrogens with two attached hydrogens (primary N) is 1. The Labute approximate surface area is 242 Å². The summed E-state index contributed by atoms with van der Waals surface area (Å²) in [5, 5.41) is 21.8. The third kappa shape index (κ3) is 5.28. The van der Waals surface area contributed by atoms with Crippen LogP contribution in [-0.2, 0) is 9.59 Å². The lowest BCUT2D eigenvalue weighted by Gasteiger charge is -2.38. The van der Waals surface area contributed by atoms with E-state index in [4.69, 9.17) is 22.1 Å². The predicted molar refractivity (Wildman–Crippen MR) is 152 cm³/mol. The van der Waals surface area contributed by atoms with Crippen molar-refractivity contribution in [2.24, 2.45) is 5.73 Å². The minimum Gasteiger partial charge on any atom is -0.497 e. The lowest BCUT2D eigenvalue weighted by atomic mass is 9.75. The van der Waals surface area contributed by atoms with E-state index in [1.165, 1.54) is 41.3 Å². The average molecular weight is 597 g/mol. The van der Waals surface area contributed by atoms with E-state index in [9.17, 15) is 14.9 Å². The number of nitrogens with one attached hydrogen (secondary N) is 1. The van der Waals surface area contributed by atoms with Crippen molar-refractivity contribution in [3.8, 4) is 11.8 Å². The molecule has 2 aromatic carbocycles. The number of benzene rings is 2. The first-order valence-electron chi connectivity index (χ1n) is 12.1. The van der Waals surface area contributed by atoms with Gasteiger partial charge in [0.25, 0.3) is 0 Å². The number of ketones is 1. The summed E-state index contributed by atoms with van der Waals surface area (Å²) in [4.78, 5) is 27.3. The SMILES string of the molecule is COc1cccc(NC(=O)CSc2nnc(N3C(N)=C(C#N)C(c4c(F)cccc4Cl)C4=C3CCCC4=O)s2)c1. The summed E-state index contributed by atoms with van der Waals surface area (Å²) >= 11 is 8.73. The molecule has 3 N–H and O–H groups in total. The topological polar surface area (TPSA) is 134 Å². The Balaban J connectivity index is 1.43. The molecule has 0 bridgehead atoms. The minimum absolute atomic E-state index is 0.00284. The number of carbonyl (C=O) groups is 2. The fourth-order valence-corrected chi connectivity index (χ4v) is 6.71. The summed E-state index contributed by atoms with van der Waals surface area (Å²) in [5.74, 6) is -1.38. The molecular weight excluding hydrogens is 575 g/mol. The number of Topliss-reactive ketones (excluding diaryl/α,β-unsaturated/α-hetero) is 1. The van der Waals surface area contributed by atoms with Crippen molar-refractivity contribution in [3.05, 3.63) is 81.5 Å². The molecule has 1 amide bonds. The summed E-state index contributed by atoms with van der Waals surface area (Å²) in [6.45, 7) is 0. The minimum atomic E-state index is -1.03. The molecule has 1 aliphatic carbocycles. The molecule has 9 nitrogen and oxygen atoms in total. The number of hydrogen-bond acceptors (Lipinski definition) is 10. The molecule has 1 unspecified atom stereocenters. The fraction of sp³-hybridized carbons (Fsp3) is 0.222. The summed E-state index contributed by atoms with van der Waals surface area (Å²) in [6, 6.07) is 13.3. The number of nitriles is 1. The predicted octanol–water partition coefficient (Wildman–Crippen LogP) is 5.37. The zero-order chi connectivity index (χ0) is 28.4. The Kier molecular flexibility index (Phi) is 8.07.